The Hall–Kier alpha value is -5.15. The van der Waals surface area contributed by atoms with Crippen LogP contribution in [-0.4, -0.2) is 24.9 Å². The fourth-order valence-corrected chi connectivity index (χ4v) is 4.81. The number of rotatable bonds is 7. The van der Waals surface area contributed by atoms with E-state index in [0.717, 1.165) is 49.7 Å². The monoisotopic (exact) mass is 517 g/mol. The topological polar surface area (TPSA) is 37.1 Å². The Bertz CT molecular complexity index is 1740. The van der Waals surface area contributed by atoms with Crippen molar-refractivity contribution in [1.29, 1.82) is 0 Å². The van der Waals surface area contributed by atoms with E-state index < -0.39 is 0 Å². The molecule has 0 radical (unpaired) electrons. The number of hydrogen-bond acceptors (Lipinski definition) is 1. The molecule has 5 aromatic carbocycles. The third kappa shape index (κ3) is 5.79. The van der Waals surface area contributed by atoms with Crippen molar-refractivity contribution in [3.8, 4) is 11.1 Å². The normalized spacial score (nSPS) is 12.4. The Morgan fingerprint density at radius 3 is 2.10 bits per heavy atom. The Labute approximate surface area is 236 Å². The zero-order valence-corrected chi connectivity index (χ0v) is 22.7. The predicted octanol–water partition coefficient (Wildman–Crippen LogP) is 9.15. The van der Waals surface area contributed by atoms with Crippen LogP contribution in [0.1, 0.15) is 29.2 Å². The molecule has 0 unspecified atom stereocenters. The molecule has 5 aromatic rings. The minimum Gasteiger partial charge on any atom is -0.261 e. The summed E-state index contributed by atoms with van der Waals surface area (Å²) in [5.74, 6) is 1.14. The maximum absolute atomic E-state index is 5.15. The van der Waals surface area contributed by atoms with Gasteiger partial charge in [0, 0.05) is 11.1 Å². The number of aliphatic imine (C=N–C) groups is 3. The first kappa shape index (κ1) is 26.5. The van der Waals surface area contributed by atoms with Crippen molar-refractivity contribution in [1.82, 2.24) is 0 Å². The fourth-order valence-electron chi connectivity index (χ4n) is 4.81. The van der Waals surface area contributed by atoms with Crippen LogP contribution < -0.4 is 0 Å². The molecule has 5 rings (SSSR count). The molecule has 0 aliphatic rings. The molecule has 0 fully saturated rings. The molecule has 40 heavy (non-hydrogen) atoms. The van der Waals surface area contributed by atoms with E-state index in [4.69, 9.17) is 9.98 Å². The molecule has 0 spiro atoms. The Morgan fingerprint density at radius 1 is 0.700 bits per heavy atom. The molecule has 3 nitrogen and oxygen atoms in total. The van der Waals surface area contributed by atoms with Gasteiger partial charge in [-0.05, 0) is 64.4 Å². The highest BCUT2D eigenvalue weighted by Crippen LogP contribution is 2.29. The van der Waals surface area contributed by atoms with Crippen molar-refractivity contribution in [2.75, 3.05) is 6.54 Å². The van der Waals surface area contributed by atoms with Crippen molar-refractivity contribution in [3.05, 3.63) is 156 Å². The number of allylic oxidation sites excluding steroid dienone is 1. The van der Waals surface area contributed by atoms with Crippen LogP contribution in [0.5, 0.6) is 0 Å². The summed E-state index contributed by atoms with van der Waals surface area (Å²) in [6.45, 7) is 10.3. The lowest BCUT2D eigenvalue weighted by Gasteiger charge is -2.13. The summed E-state index contributed by atoms with van der Waals surface area (Å²) in [7, 11) is 0. The van der Waals surface area contributed by atoms with Crippen LogP contribution in [0, 0.1) is 0 Å². The van der Waals surface area contributed by atoms with Gasteiger partial charge in [0.15, 0.2) is 11.7 Å². The Kier molecular flexibility index (Phi) is 8.33. The van der Waals surface area contributed by atoms with Crippen LogP contribution in [0.4, 0.5) is 0 Å². The quantitative estimate of drug-likeness (QED) is 0.152. The van der Waals surface area contributed by atoms with Crippen LogP contribution in [0.15, 0.2) is 149 Å². The molecule has 0 heterocycles. The van der Waals surface area contributed by atoms with Gasteiger partial charge in [-0.15, -0.1) is 0 Å². The molecule has 0 amide bonds. The molecule has 0 aliphatic heterocycles. The molecule has 0 N–H and O–H groups in total. The standard InChI is InChI=1S/C37H31N3/c1-4-27-16-12-14-22-33(27)28(5-2)26-39-37(40-36(38-3)30-19-10-7-11-20-30)35-25-32(29-17-8-6-9-18-29)24-31-21-13-15-23-34(31)35/h4-25H,1,3,26H2,2H3/b28-5-,39-37-,40-36-. The van der Waals surface area contributed by atoms with Crippen LogP contribution in [-0.2, 0) is 0 Å². The summed E-state index contributed by atoms with van der Waals surface area (Å²) >= 11 is 0. The van der Waals surface area contributed by atoms with Gasteiger partial charge in [-0.1, -0.05) is 128 Å². The average molecular weight is 518 g/mol. The molecule has 194 valence electrons. The van der Waals surface area contributed by atoms with Gasteiger partial charge in [-0.25, -0.2) is 9.98 Å². The van der Waals surface area contributed by atoms with Crippen LogP contribution in [0.25, 0.3) is 33.5 Å². The van der Waals surface area contributed by atoms with Gasteiger partial charge in [0.05, 0.1) is 6.54 Å². The molecule has 0 aliphatic carbocycles. The van der Waals surface area contributed by atoms with Crippen molar-refractivity contribution < 1.29 is 0 Å². The first-order valence-corrected chi connectivity index (χ1v) is 13.3. The SMILES string of the molecule is C=Cc1ccccc1/C(=C\C)C/N=C(\N=C(/N=C)c1ccccc1)c1cc(-c2ccccc2)cc2ccccc12. The maximum Gasteiger partial charge on any atom is 0.161 e. The zero-order valence-electron chi connectivity index (χ0n) is 22.7. The van der Waals surface area contributed by atoms with Crippen molar-refractivity contribution in [2.24, 2.45) is 15.0 Å². The highest BCUT2D eigenvalue weighted by molar-refractivity contribution is 6.18. The number of amidine groups is 2. The van der Waals surface area contributed by atoms with Crippen molar-refractivity contribution >= 4 is 40.8 Å². The van der Waals surface area contributed by atoms with Crippen LogP contribution in [0.2, 0.25) is 0 Å². The van der Waals surface area contributed by atoms with Crippen molar-refractivity contribution in [3.63, 3.8) is 0 Å². The van der Waals surface area contributed by atoms with E-state index in [1.807, 2.05) is 61.5 Å². The molecule has 0 bridgehead atoms. The largest absolute Gasteiger partial charge is 0.261 e. The van der Waals surface area contributed by atoms with Gasteiger partial charge in [0.2, 0.25) is 0 Å². The minimum absolute atomic E-state index is 0.448. The summed E-state index contributed by atoms with van der Waals surface area (Å²) < 4.78 is 0. The zero-order chi connectivity index (χ0) is 27.7. The summed E-state index contributed by atoms with van der Waals surface area (Å²) in [5.41, 5.74) is 7.36. The van der Waals surface area contributed by atoms with E-state index in [2.05, 4.69) is 97.2 Å². The average Bonchev–Trinajstić information content (AvgIpc) is 3.03. The molecule has 0 atom stereocenters. The highest BCUT2D eigenvalue weighted by Gasteiger charge is 2.14. The smallest absolute Gasteiger partial charge is 0.161 e. The number of fused-ring (bicyclic) bond motifs is 1. The Balaban J connectivity index is 1.72. The number of hydrogen-bond donors (Lipinski definition) is 0. The number of benzene rings is 5. The molecular weight excluding hydrogens is 486 g/mol. The first-order valence-electron chi connectivity index (χ1n) is 13.3. The van der Waals surface area contributed by atoms with Crippen LogP contribution in [0.3, 0.4) is 0 Å². The van der Waals surface area contributed by atoms with Gasteiger partial charge in [0.1, 0.15) is 0 Å². The fraction of sp³-hybridized carbons (Fsp3) is 0.0541. The van der Waals surface area contributed by atoms with E-state index in [9.17, 15) is 0 Å². The summed E-state index contributed by atoms with van der Waals surface area (Å²) in [6.07, 6.45) is 3.99. The lowest BCUT2D eigenvalue weighted by Crippen LogP contribution is -2.07. The van der Waals surface area contributed by atoms with E-state index in [0.29, 0.717) is 18.2 Å². The van der Waals surface area contributed by atoms with E-state index in [-0.39, 0.29) is 0 Å². The second kappa shape index (κ2) is 12.6. The molecule has 3 heteroatoms. The number of nitrogens with zero attached hydrogens (tertiary/aromatic N) is 3. The molecular formula is C37H31N3. The summed E-state index contributed by atoms with van der Waals surface area (Å²) in [6, 6.07) is 41.3. The van der Waals surface area contributed by atoms with Gasteiger partial charge < -0.3 is 0 Å². The summed E-state index contributed by atoms with van der Waals surface area (Å²) in [5, 5.41) is 2.20. The van der Waals surface area contributed by atoms with Gasteiger partial charge in [-0.3, -0.25) is 4.99 Å². The van der Waals surface area contributed by atoms with Gasteiger partial charge in [-0.2, -0.15) is 0 Å². The lowest BCUT2D eigenvalue weighted by molar-refractivity contribution is 1.23. The lowest BCUT2D eigenvalue weighted by atomic mass is 9.96. The first-order chi connectivity index (χ1) is 19.7. The van der Waals surface area contributed by atoms with Gasteiger partial charge >= 0.3 is 0 Å². The maximum atomic E-state index is 5.15. The van der Waals surface area contributed by atoms with Gasteiger partial charge in [0.25, 0.3) is 0 Å². The Morgan fingerprint density at radius 2 is 1.38 bits per heavy atom. The predicted molar refractivity (Wildman–Crippen MR) is 173 cm³/mol. The van der Waals surface area contributed by atoms with E-state index in [1.165, 1.54) is 0 Å². The van der Waals surface area contributed by atoms with E-state index >= 15 is 0 Å². The molecule has 0 saturated carbocycles. The van der Waals surface area contributed by atoms with Crippen molar-refractivity contribution in [2.45, 2.75) is 6.92 Å². The molecule has 0 saturated heterocycles. The second-order valence-corrected chi connectivity index (χ2v) is 9.32. The van der Waals surface area contributed by atoms with E-state index in [1.54, 1.807) is 0 Å². The van der Waals surface area contributed by atoms with Crippen LogP contribution >= 0.6 is 0 Å². The highest BCUT2D eigenvalue weighted by atomic mass is 15.0. The molecule has 0 aromatic heterocycles. The summed E-state index contributed by atoms with van der Waals surface area (Å²) in [4.78, 5) is 14.5. The second-order valence-electron chi connectivity index (χ2n) is 9.32. The third-order valence-electron chi connectivity index (χ3n) is 6.88. The third-order valence-corrected chi connectivity index (χ3v) is 6.88. The minimum atomic E-state index is 0.448.